The topological polar surface area (TPSA) is 156 Å². The molecule has 0 bridgehead atoms. The first-order valence-corrected chi connectivity index (χ1v) is 11.8. The van der Waals surface area contributed by atoms with E-state index < -0.39 is 29.2 Å². The largest absolute Gasteiger partial charge is 0.495 e. The van der Waals surface area contributed by atoms with Crippen molar-refractivity contribution in [2.75, 3.05) is 26.1 Å². The number of nitrogens with one attached hydrogen (secondary N) is 1. The van der Waals surface area contributed by atoms with Gasteiger partial charge < -0.3 is 20.5 Å². The number of ether oxygens (including phenoxy) is 2. The fourth-order valence-electron chi connectivity index (χ4n) is 3.99. The minimum Gasteiger partial charge on any atom is -0.495 e. The molecule has 0 spiro atoms. The summed E-state index contributed by atoms with van der Waals surface area (Å²) in [6.07, 6.45) is 2.91. The number of hydrogen-bond donors (Lipinski definition) is 2. The van der Waals surface area contributed by atoms with Crippen LogP contribution in [-0.2, 0) is 9.53 Å². The number of benzene rings is 2. The van der Waals surface area contributed by atoms with E-state index in [0.717, 1.165) is 12.1 Å². The van der Waals surface area contributed by atoms with Gasteiger partial charge in [-0.05, 0) is 46.8 Å². The summed E-state index contributed by atoms with van der Waals surface area (Å²) in [5, 5.41) is 14.2. The Hall–Kier alpha value is -4.62. The summed E-state index contributed by atoms with van der Waals surface area (Å²) in [5.41, 5.74) is 5.81. The molecule has 2 aromatic carbocycles. The van der Waals surface area contributed by atoms with Gasteiger partial charge in [0.15, 0.2) is 0 Å². The van der Waals surface area contributed by atoms with Crippen molar-refractivity contribution in [2.45, 2.75) is 12.5 Å². The molecule has 4 rings (SSSR count). The zero-order valence-electron chi connectivity index (χ0n) is 20.8. The predicted molar refractivity (Wildman–Crippen MR) is 139 cm³/mol. The molecule has 4 aromatic rings. The molecule has 1 atom stereocenters. The lowest BCUT2D eigenvalue weighted by Crippen LogP contribution is -2.34. The number of amides is 2. The zero-order valence-corrected chi connectivity index (χ0v) is 21.6. The summed E-state index contributed by atoms with van der Waals surface area (Å²) in [4.78, 5) is 38.0. The van der Waals surface area contributed by atoms with Gasteiger partial charge >= 0.3 is 0 Å². The van der Waals surface area contributed by atoms with Crippen molar-refractivity contribution in [2.24, 2.45) is 5.73 Å². The summed E-state index contributed by atoms with van der Waals surface area (Å²) < 4.78 is 27.6. The van der Waals surface area contributed by atoms with Gasteiger partial charge in [-0.3, -0.25) is 19.0 Å². The van der Waals surface area contributed by atoms with Gasteiger partial charge in [-0.25, -0.2) is 4.39 Å². The number of pyridine rings is 1. The Kier molecular flexibility index (Phi) is 8.32. The number of nitrogens with two attached hydrogens (primary N) is 1. The second-order valence-electron chi connectivity index (χ2n) is 8.26. The number of tetrazole rings is 1. The molecule has 2 aromatic heterocycles. The van der Waals surface area contributed by atoms with Gasteiger partial charge in [0.05, 0.1) is 24.6 Å². The highest BCUT2D eigenvalue weighted by Crippen LogP contribution is 2.35. The highest BCUT2D eigenvalue weighted by Gasteiger charge is 2.25. The van der Waals surface area contributed by atoms with Crippen LogP contribution < -0.4 is 21.3 Å². The predicted octanol–water partition coefficient (Wildman–Crippen LogP) is 2.61. The van der Waals surface area contributed by atoms with E-state index in [2.05, 4.69) is 20.8 Å². The SMILES string of the molecule is COCCC(C(=O)Nc1ccc(C(N)=O)c(F)c1)n1cc(OC)c(-c2cc(Cl)ccc2-n2cnnn2)cc1=O. The Morgan fingerprint density at radius 2 is 1.95 bits per heavy atom. The Labute approximate surface area is 226 Å². The van der Waals surface area contributed by atoms with Gasteiger partial charge in [0.25, 0.3) is 11.5 Å². The number of anilines is 1. The van der Waals surface area contributed by atoms with Crippen LogP contribution >= 0.6 is 11.6 Å². The van der Waals surface area contributed by atoms with Gasteiger partial charge in [0.1, 0.15) is 23.9 Å². The molecule has 202 valence electrons. The molecule has 0 aliphatic carbocycles. The highest BCUT2D eigenvalue weighted by atomic mass is 35.5. The molecule has 0 fully saturated rings. The van der Waals surface area contributed by atoms with Crippen molar-refractivity contribution in [3.63, 3.8) is 0 Å². The summed E-state index contributed by atoms with van der Waals surface area (Å²) in [6.45, 7) is 0.140. The number of methoxy groups -OCH3 is 2. The third kappa shape index (κ3) is 5.94. The Morgan fingerprint density at radius 3 is 2.59 bits per heavy atom. The molecule has 0 radical (unpaired) electrons. The first kappa shape index (κ1) is 27.4. The van der Waals surface area contributed by atoms with Crippen LogP contribution in [0.15, 0.2) is 59.8 Å². The molecule has 3 N–H and O–H groups in total. The summed E-state index contributed by atoms with van der Waals surface area (Å²) in [5.74, 6) is -2.19. The van der Waals surface area contributed by atoms with E-state index in [1.54, 1.807) is 18.2 Å². The third-order valence-electron chi connectivity index (χ3n) is 5.84. The first-order chi connectivity index (χ1) is 18.7. The third-order valence-corrected chi connectivity index (χ3v) is 6.08. The number of nitrogens with zero attached hydrogens (tertiary/aromatic N) is 5. The number of halogens is 2. The molecular weight excluding hydrogens is 533 g/mol. The van der Waals surface area contributed by atoms with Crippen LogP contribution in [0.2, 0.25) is 5.02 Å². The number of hydrogen-bond acceptors (Lipinski definition) is 8. The van der Waals surface area contributed by atoms with Crippen molar-refractivity contribution in [1.29, 1.82) is 0 Å². The van der Waals surface area contributed by atoms with Crippen LogP contribution in [0.5, 0.6) is 5.75 Å². The van der Waals surface area contributed by atoms with E-state index in [1.165, 1.54) is 48.1 Å². The van der Waals surface area contributed by atoms with Gasteiger partial charge in [-0.1, -0.05) is 11.6 Å². The Morgan fingerprint density at radius 1 is 1.15 bits per heavy atom. The van der Waals surface area contributed by atoms with E-state index in [-0.39, 0.29) is 30.0 Å². The summed E-state index contributed by atoms with van der Waals surface area (Å²) in [7, 11) is 2.88. The van der Waals surface area contributed by atoms with E-state index in [0.29, 0.717) is 21.8 Å². The van der Waals surface area contributed by atoms with Crippen molar-refractivity contribution in [3.8, 4) is 22.6 Å². The maximum Gasteiger partial charge on any atom is 0.252 e. The van der Waals surface area contributed by atoms with Crippen molar-refractivity contribution >= 4 is 29.1 Å². The highest BCUT2D eigenvalue weighted by molar-refractivity contribution is 6.31. The smallest absolute Gasteiger partial charge is 0.252 e. The van der Waals surface area contributed by atoms with Crippen LogP contribution in [0.4, 0.5) is 10.1 Å². The van der Waals surface area contributed by atoms with E-state index >= 15 is 0 Å². The molecule has 0 saturated carbocycles. The van der Waals surface area contributed by atoms with Crippen molar-refractivity contribution in [3.05, 3.63) is 81.7 Å². The average molecular weight is 556 g/mol. The van der Waals surface area contributed by atoms with Crippen molar-refractivity contribution < 1.29 is 23.5 Å². The molecule has 0 aliphatic heterocycles. The Bertz CT molecular complexity index is 1580. The number of aromatic nitrogens is 5. The van der Waals surface area contributed by atoms with Gasteiger partial charge in [-0.2, -0.15) is 4.68 Å². The zero-order chi connectivity index (χ0) is 28.1. The lowest BCUT2D eigenvalue weighted by atomic mass is 10.0. The maximum absolute atomic E-state index is 14.2. The monoisotopic (exact) mass is 555 g/mol. The summed E-state index contributed by atoms with van der Waals surface area (Å²) in [6, 6.07) is 8.70. The minimum absolute atomic E-state index is 0.0755. The fraction of sp³-hybridized carbons (Fsp3) is 0.200. The number of carbonyl (C=O) groups excluding carboxylic acids is 2. The number of carbonyl (C=O) groups is 2. The van der Waals surface area contributed by atoms with E-state index in [9.17, 15) is 18.8 Å². The van der Waals surface area contributed by atoms with Crippen LogP contribution in [0.25, 0.3) is 16.8 Å². The maximum atomic E-state index is 14.2. The molecule has 0 saturated heterocycles. The second kappa shape index (κ2) is 11.8. The minimum atomic E-state index is -1.06. The van der Waals surface area contributed by atoms with Crippen LogP contribution in [0.1, 0.15) is 22.8 Å². The summed E-state index contributed by atoms with van der Waals surface area (Å²) >= 11 is 6.25. The first-order valence-electron chi connectivity index (χ1n) is 11.5. The molecular formula is C25H23ClFN7O5. The van der Waals surface area contributed by atoms with Crippen LogP contribution in [0.3, 0.4) is 0 Å². The normalized spacial score (nSPS) is 11.7. The van der Waals surface area contributed by atoms with Gasteiger partial charge in [-0.15, -0.1) is 5.10 Å². The lowest BCUT2D eigenvalue weighted by molar-refractivity contribution is -0.119. The standard InChI is InChI=1S/C25H23ClFN7O5/c1-38-8-7-21(25(37)30-15-4-5-16(24(28)36)19(27)10-15)33-12-22(39-2)18(11-23(33)35)17-9-14(26)3-6-20(17)34-13-29-31-32-34/h3-6,9-13,21H,7-8H2,1-2H3,(H2,28,36)(H,30,37). The van der Waals surface area contributed by atoms with E-state index in [4.69, 9.17) is 26.8 Å². The van der Waals surface area contributed by atoms with Gasteiger partial charge in [0, 0.05) is 48.0 Å². The molecule has 2 amide bonds. The molecule has 2 heterocycles. The molecule has 14 heteroatoms. The Balaban J connectivity index is 1.75. The van der Waals surface area contributed by atoms with E-state index in [1.807, 2.05) is 0 Å². The molecule has 1 unspecified atom stereocenters. The van der Waals surface area contributed by atoms with Crippen LogP contribution in [0, 0.1) is 5.82 Å². The molecule has 12 nitrogen and oxygen atoms in total. The fourth-order valence-corrected chi connectivity index (χ4v) is 4.16. The number of rotatable bonds is 10. The van der Waals surface area contributed by atoms with Crippen LogP contribution in [-0.4, -0.2) is 57.4 Å². The van der Waals surface area contributed by atoms with Gasteiger partial charge in [0.2, 0.25) is 5.91 Å². The van der Waals surface area contributed by atoms with Crippen molar-refractivity contribution in [1.82, 2.24) is 24.8 Å². The quantitative estimate of drug-likeness (QED) is 0.302. The number of primary amides is 1. The molecule has 39 heavy (non-hydrogen) atoms. The molecule has 0 aliphatic rings. The lowest BCUT2D eigenvalue weighted by Gasteiger charge is -2.21. The average Bonchev–Trinajstić information content (AvgIpc) is 3.44. The second-order valence-corrected chi connectivity index (χ2v) is 8.70.